The van der Waals surface area contributed by atoms with E-state index in [9.17, 15) is 8.78 Å². The van der Waals surface area contributed by atoms with Gasteiger partial charge < -0.3 is 0 Å². The van der Waals surface area contributed by atoms with Crippen molar-refractivity contribution in [3.8, 4) is 11.3 Å². The standard InChI is InChI=1S/C22H15ClF2N2S/c1-13-9-19(26-22-16(13)7-8-20(23)27-22)21-17(24)10-15(11-18(21)25)28-12-14-5-3-2-4-6-14/h2-11H,12H2,1H3. The second-order valence-electron chi connectivity index (χ2n) is 6.37. The zero-order valence-electron chi connectivity index (χ0n) is 14.9. The molecule has 0 N–H and O–H groups in total. The lowest BCUT2D eigenvalue weighted by Crippen LogP contribution is -1.97. The third kappa shape index (κ3) is 3.86. The molecule has 28 heavy (non-hydrogen) atoms. The third-order valence-electron chi connectivity index (χ3n) is 4.37. The van der Waals surface area contributed by atoms with E-state index < -0.39 is 11.6 Å². The quantitative estimate of drug-likeness (QED) is 0.271. The summed E-state index contributed by atoms with van der Waals surface area (Å²) in [5, 5.41) is 1.08. The number of hydrogen-bond donors (Lipinski definition) is 0. The van der Waals surface area contributed by atoms with Crippen LogP contribution in [0, 0.1) is 18.6 Å². The molecule has 2 aromatic heterocycles. The fourth-order valence-corrected chi connectivity index (χ4v) is 4.04. The Morgan fingerprint density at radius 2 is 1.64 bits per heavy atom. The van der Waals surface area contributed by atoms with Crippen molar-refractivity contribution in [2.24, 2.45) is 0 Å². The van der Waals surface area contributed by atoms with E-state index >= 15 is 0 Å². The van der Waals surface area contributed by atoms with E-state index in [-0.39, 0.29) is 16.4 Å². The van der Waals surface area contributed by atoms with Gasteiger partial charge in [-0.1, -0.05) is 41.9 Å². The van der Waals surface area contributed by atoms with Crippen molar-refractivity contribution in [1.29, 1.82) is 0 Å². The van der Waals surface area contributed by atoms with Gasteiger partial charge in [0.05, 0.1) is 11.3 Å². The summed E-state index contributed by atoms with van der Waals surface area (Å²) in [4.78, 5) is 9.03. The van der Waals surface area contributed by atoms with Gasteiger partial charge in [0.2, 0.25) is 0 Å². The molecule has 0 atom stereocenters. The normalized spacial score (nSPS) is 11.1. The number of pyridine rings is 2. The molecule has 0 aliphatic rings. The van der Waals surface area contributed by atoms with E-state index in [0.29, 0.717) is 16.3 Å². The first kappa shape index (κ1) is 18.8. The maximum atomic E-state index is 14.8. The summed E-state index contributed by atoms with van der Waals surface area (Å²) in [6.07, 6.45) is 0. The Hall–Kier alpha value is -2.50. The molecular formula is C22H15ClF2N2S. The first-order chi connectivity index (χ1) is 13.5. The predicted molar refractivity (Wildman–Crippen MR) is 111 cm³/mol. The number of nitrogens with zero attached hydrogens (tertiary/aromatic N) is 2. The minimum absolute atomic E-state index is 0.157. The van der Waals surface area contributed by atoms with Crippen LogP contribution in [0.25, 0.3) is 22.3 Å². The molecule has 0 spiro atoms. The summed E-state index contributed by atoms with van der Waals surface area (Å²) >= 11 is 7.32. The fraction of sp³-hybridized carbons (Fsp3) is 0.0909. The van der Waals surface area contributed by atoms with Crippen LogP contribution in [0.15, 0.2) is 65.6 Å². The topological polar surface area (TPSA) is 25.8 Å². The highest BCUT2D eigenvalue weighted by molar-refractivity contribution is 7.98. The number of aryl methyl sites for hydroxylation is 1. The molecule has 0 saturated heterocycles. The average Bonchev–Trinajstić information content (AvgIpc) is 2.66. The zero-order valence-corrected chi connectivity index (χ0v) is 16.5. The van der Waals surface area contributed by atoms with Crippen molar-refractivity contribution in [1.82, 2.24) is 9.97 Å². The lowest BCUT2D eigenvalue weighted by molar-refractivity contribution is 0.583. The number of aromatic nitrogens is 2. The Labute approximate surface area is 170 Å². The summed E-state index contributed by atoms with van der Waals surface area (Å²) in [5.74, 6) is -0.665. The van der Waals surface area contributed by atoms with Crippen LogP contribution in [0.3, 0.4) is 0 Å². The van der Waals surface area contributed by atoms with E-state index in [0.717, 1.165) is 16.5 Å². The molecule has 0 fully saturated rings. The van der Waals surface area contributed by atoms with Gasteiger partial charge in [-0.2, -0.15) is 0 Å². The van der Waals surface area contributed by atoms with Crippen LogP contribution < -0.4 is 0 Å². The Morgan fingerprint density at radius 1 is 0.929 bits per heavy atom. The van der Waals surface area contributed by atoms with Gasteiger partial charge >= 0.3 is 0 Å². The lowest BCUT2D eigenvalue weighted by atomic mass is 10.1. The number of thioether (sulfide) groups is 1. The maximum absolute atomic E-state index is 14.8. The number of fused-ring (bicyclic) bond motifs is 1. The van der Waals surface area contributed by atoms with E-state index in [2.05, 4.69) is 9.97 Å². The Morgan fingerprint density at radius 3 is 2.36 bits per heavy atom. The van der Waals surface area contributed by atoms with Gasteiger partial charge in [-0.05, 0) is 48.4 Å². The molecular weight excluding hydrogens is 398 g/mol. The van der Waals surface area contributed by atoms with Gasteiger partial charge in [0.15, 0.2) is 5.65 Å². The van der Waals surface area contributed by atoms with Crippen LogP contribution in [0.4, 0.5) is 8.78 Å². The molecule has 0 radical (unpaired) electrons. The molecule has 0 amide bonds. The summed E-state index contributed by atoms with van der Waals surface area (Å²) in [5.41, 5.74) is 2.33. The van der Waals surface area contributed by atoms with Gasteiger partial charge in [-0.3, -0.25) is 0 Å². The van der Waals surface area contributed by atoms with Crippen molar-refractivity contribution < 1.29 is 8.78 Å². The first-order valence-electron chi connectivity index (χ1n) is 8.61. The molecule has 0 bridgehead atoms. The molecule has 2 heterocycles. The van der Waals surface area contributed by atoms with Gasteiger partial charge in [0, 0.05) is 16.0 Å². The molecule has 2 nitrogen and oxygen atoms in total. The molecule has 6 heteroatoms. The van der Waals surface area contributed by atoms with Crippen LogP contribution in [0.1, 0.15) is 11.1 Å². The highest BCUT2D eigenvalue weighted by Crippen LogP contribution is 2.32. The molecule has 4 aromatic rings. The van der Waals surface area contributed by atoms with Crippen molar-refractivity contribution in [3.05, 3.63) is 88.6 Å². The smallest absolute Gasteiger partial charge is 0.161 e. The number of rotatable bonds is 4. The fourth-order valence-electron chi connectivity index (χ4n) is 2.99. The minimum atomic E-state index is -0.649. The summed E-state index contributed by atoms with van der Waals surface area (Å²) in [6.45, 7) is 1.85. The van der Waals surface area contributed by atoms with Crippen LogP contribution in [-0.4, -0.2) is 9.97 Å². The Kier molecular flexibility index (Phi) is 5.29. The zero-order chi connectivity index (χ0) is 19.7. The van der Waals surface area contributed by atoms with E-state index in [1.54, 1.807) is 18.2 Å². The third-order valence-corrected chi connectivity index (χ3v) is 5.62. The van der Waals surface area contributed by atoms with Crippen LogP contribution in [0.5, 0.6) is 0 Å². The van der Waals surface area contributed by atoms with Crippen molar-refractivity contribution in [2.75, 3.05) is 0 Å². The van der Waals surface area contributed by atoms with Gasteiger partial charge in [0.1, 0.15) is 16.8 Å². The lowest BCUT2D eigenvalue weighted by Gasteiger charge is -2.10. The summed E-state index contributed by atoms with van der Waals surface area (Å²) in [6, 6.07) is 17.6. The van der Waals surface area contributed by atoms with Crippen LogP contribution in [-0.2, 0) is 5.75 Å². The average molecular weight is 413 g/mol. The minimum Gasteiger partial charge on any atom is -0.228 e. The highest BCUT2D eigenvalue weighted by atomic mass is 35.5. The Bertz CT molecular complexity index is 1140. The SMILES string of the molecule is Cc1cc(-c2c(F)cc(SCc3ccccc3)cc2F)nc2nc(Cl)ccc12. The summed E-state index contributed by atoms with van der Waals surface area (Å²) in [7, 11) is 0. The highest BCUT2D eigenvalue weighted by Gasteiger charge is 2.17. The second-order valence-corrected chi connectivity index (χ2v) is 7.80. The number of hydrogen-bond acceptors (Lipinski definition) is 3. The van der Waals surface area contributed by atoms with Crippen molar-refractivity contribution in [2.45, 2.75) is 17.6 Å². The monoisotopic (exact) mass is 412 g/mol. The molecule has 0 aliphatic heterocycles. The van der Waals surface area contributed by atoms with Gasteiger partial charge in [-0.15, -0.1) is 11.8 Å². The molecule has 0 aliphatic carbocycles. The van der Waals surface area contributed by atoms with E-state index in [1.165, 1.54) is 23.9 Å². The molecule has 2 aromatic carbocycles. The maximum Gasteiger partial charge on any atom is 0.161 e. The van der Waals surface area contributed by atoms with Crippen LogP contribution in [0.2, 0.25) is 5.15 Å². The van der Waals surface area contributed by atoms with E-state index in [4.69, 9.17) is 11.6 Å². The van der Waals surface area contributed by atoms with Crippen LogP contribution >= 0.6 is 23.4 Å². The van der Waals surface area contributed by atoms with Crippen molar-refractivity contribution in [3.63, 3.8) is 0 Å². The van der Waals surface area contributed by atoms with Crippen molar-refractivity contribution >= 4 is 34.4 Å². The largest absolute Gasteiger partial charge is 0.228 e. The first-order valence-corrected chi connectivity index (χ1v) is 9.97. The predicted octanol–water partition coefficient (Wildman–Crippen LogP) is 6.83. The number of benzene rings is 2. The van der Waals surface area contributed by atoms with E-state index in [1.807, 2.05) is 37.3 Å². The molecule has 140 valence electrons. The molecule has 0 saturated carbocycles. The molecule has 4 rings (SSSR count). The summed E-state index contributed by atoms with van der Waals surface area (Å²) < 4.78 is 29.6. The molecule has 0 unspecified atom stereocenters. The van der Waals surface area contributed by atoms with Gasteiger partial charge in [0.25, 0.3) is 0 Å². The second kappa shape index (κ2) is 7.86. The Balaban J connectivity index is 1.69. The number of halogens is 3. The van der Waals surface area contributed by atoms with Gasteiger partial charge in [-0.25, -0.2) is 18.7 Å².